The zero-order chi connectivity index (χ0) is 12.7. The molecule has 0 aromatic rings. The SMILES string of the molecule is C[C-](C)C.C[C-](C)C.C[C-](C)C.[CH2-]C.[CH3-].[CH3-].[CH3-].[U].[V].[V].[W].[W].[Y].[Y]. The molecule has 0 fully saturated rings. The van der Waals surface area contributed by atoms with Crippen LogP contribution >= 0.6 is 0 Å². The van der Waals surface area contributed by atoms with Gasteiger partial charge in [0.05, 0.1) is 0 Å². The molecule has 148 valence electrons. The van der Waals surface area contributed by atoms with E-state index in [0.717, 1.165) is 0 Å². The van der Waals surface area contributed by atoms with Crippen LogP contribution in [-0.2, 0) is 145 Å². The first-order valence-corrected chi connectivity index (χ1v) is 5.21. The summed E-state index contributed by atoms with van der Waals surface area (Å²) >= 11 is 0. The van der Waals surface area contributed by atoms with Crippen molar-refractivity contribution in [3.05, 3.63) is 47.0 Å². The van der Waals surface area contributed by atoms with Gasteiger partial charge < -0.3 is 47.0 Å². The molecular weight excluding hydrogens is 1090 g/mol. The predicted molar refractivity (Wildman–Crippen MR) is 91.1 cm³/mol. The fourth-order valence-electron chi connectivity index (χ4n) is 0. The van der Waals surface area contributed by atoms with Gasteiger partial charge in [-0.15, -0.1) is 0 Å². The molecule has 4 radical (unpaired) electrons. The molecular formula is C17H41UV2W2Y2-7. The summed E-state index contributed by atoms with van der Waals surface area (Å²) in [4.78, 5) is 0. The van der Waals surface area contributed by atoms with E-state index in [1.165, 1.54) is 17.8 Å². The Bertz CT molecular complexity index is 63.1. The summed E-state index contributed by atoms with van der Waals surface area (Å²) < 4.78 is 0. The van der Waals surface area contributed by atoms with Gasteiger partial charge in [-0.2, -0.15) is 69.2 Å². The molecule has 0 saturated carbocycles. The van der Waals surface area contributed by atoms with Gasteiger partial charge in [-0.25, -0.2) is 0 Å². The van der Waals surface area contributed by atoms with Crippen molar-refractivity contribution < 1.29 is 176 Å². The largest absolute Gasteiger partial charge is 0.358 e. The van der Waals surface area contributed by atoms with Crippen molar-refractivity contribution in [2.45, 2.75) is 69.2 Å². The summed E-state index contributed by atoms with van der Waals surface area (Å²) in [6, 6.07) is 0. The van der Waals surface area contributed by atoms with Crippen LogP contribution in [0.15, 0.2) is 0 Å². The van der Waals surface area contributed by atoms with Crippen LogP contribution in [0.25, 0.3) is 0 Å². The van der Waals surface area contributed by atoms with Crippen LogP contribution in [0.3, 0.4) is 0 Å². The van der Waals surface area contributed by atoms with Crippen LogP contribution in [0.4, 0.5) is 0 Å². The van der Waals surface area contributed by atoms with E-state index in [-0.39, 0.29) is 198 Å². The van der Waals surface area contributed by atoms with Crippen molar-refractivity contribution in [3.63, 3.8) is 0 Å². The summed E-state index contributed by atoms with van der Waals surface area (Å²) in [6.07, 6.45) is 0. The number of rotatable bonds is 0. The Morgan fingerprint density at radius 2 is 0.458 bits per heavy atom. The van der Waals surface area contributed by atoms with Gasteiger partial charge in [-0.1, -0.05) is 0 Å². The minimum Gasteiger partial charge on any atom is -0.358 e. The Labute approximate surface area is 286 Å². The fraction of sp³-hybridized carbons (Fsp3) is 0.588. The second-order valence-electron chi connectivity index (χ2n) is 4.50. The summed E-state index contributed by atoms with van der Waals surface area (Å²) in [5, 5.41) is 0. The zero-order valence-corrected chi connectivity index (χ0v) is 37.1. The van der Waals surface area contributed by atoms with Crippen molar-refractivity contribution in [3.8, 4) is 0 Å². The van der Waals surface area contributed by atoms with Crippen molar-refractivity contribution in [1.29, 1.82) is 0 Å². The van der Waals surface area contributed by atoms with E-state index in [4.69, 9.17) is 0 Å². The van der Waals surface area contributed by atoms with E-state index in [0.29, 0.717) is 0 Å². The van der Waals surface area contributed by atoms with Gasteiger partial charge >= 0.3 is 0 Å². The molecule has 0 aliphatic rings. The third-order valence-corrected chi connectivity index (χ3v) is 0. The molecule has 0 saturated heterocycles. The van der Waals surface area contributed by atoms with E-state index < -0.39 is 0 Å². The Morgan fingerprint density at radius 3 is 0.458 bits per heavy atom. The molecule has 7 heteroatoms. The molecule has 0 bridgehead atoms. The Kier molecular flexibility index (Phi) is 419. The van der Waals surface area contributed by atoms with Gasteiger partial charge in [0.1, 0.15) is 0 Å². The quantitative estimate of drug-likeness (QED) is 0.229. The van der Waals surface area contributed by atoms with E-state index in [1.54, 1.807) is 6.92 Å². The zero-order valence-electron chi connectivity index (χ0n) is 18.6. The maximum atomic E-state index is 3.25. The van der Waals surface area contributed by atoms with Crippen LogP contribution in [0.2, 0.25) is 0 Å². The Hall–Kier alpha value is 5.81. The first-order valence-electron chi connectivity index (χ1n) is 5.21. The van der Waals surface area contributed by atoms with Gasteiger partial charge in [-0.3, -0.25) is 0 Å². The van der Waals surface area contributed by atoms with E-state index >= 15 is 0 Å². The minimum atomic E-state index is 0. The van der Waals surface area contributed by atoms with Gasteiger partial charge in [-0.05, 0) is 0 Å². The van der Waals surface area contributed by atoms with Gasteiger partial charge in [0.15, 0.2) is 0 Å². The van der Waals surface area contributed by atoms with Crippen molar-refractivity contribution >= 4 is 0 Å². The van der Waals surface area contributed by atoms with E-state index in [1.807, 2.05) is 0 Å². The van der Waals surface area contributed by atoms with Crippen LogP contribution < -0.4 is 0 Å². The second-order valence-corrected chi connectivity index (χ2v) is 4.50. The summed E-state index contributed by atoms with van der Waals surface area (Å²) in [5.74, 6) is 4.25. The summed E-state index contributed by atoms with van der Waals surface area (Å²) in [5.41, 5.74) is 0. The Balaban J connectivity index is -0.00000000413. The fourth-order valence-corrected chi connectivity index (χ4v) is 0. The molecule has 0 aliphatic carbocycles. The molecule has 0 aliphatic heterocycles. The van der Waals surface area contributed by atoms with Gasteiger partial charge in [0, 0.05) is 176 Å². The molecule has 24 heavy (non-hydrogen) atoms. The number of hydrogen-bond donors (Lipinski definition) is 0. The molecule has 0 aromatic heterocycles. The molecule has 0 unspecified atom stereocenters. The predicted octanol–water partition coefficient (Wildman–Crippen LogP) is 7.04. The maximum absolute atomic E-state index is 3.25. The summed E-state index contributed by atoms with van der Waals surface area (Å²) in [6.45, 7) is 23.8. The third kappa shape index (κ3) is 593. The maximum Gasteiger partial charge on any atom is 0 e. The van der Waals surface area contributed by atoms with Crippen molar-refractivity contribution in [2.75, 3.05) is 0 Å². The summed E-state index contributed by atoms with van der Waals surface area (Å²) in [7, 11) is 0. The normalized spacial score (nSPS) is 4.75. The number of hydrogen-bond acceptors (Lipinski definition) is 0. The molecule has 0 aromatic carbocycles. The molecule has 0 atom stereocenters. The smallest absolute Gasteiger partial charge is 0 e. The van der Waals surface area contributed by atoms with E-state index in [9.17, 15) is 0 Å². The minimum absolute atomic E-state index is 0. The van der Waals surface area contributed by atoms with Crippen molar-refractivity contribution in [2.24, 2.45) is 0 Å². The molecule has 0 nitrogen and oxygen atoms in total. The standard InChI is InChI=1S/3C4H9.C2H5.3CH3.U.2V.2W.2Y/c3*1-4(2)3;1-2;;;;;;;;;;/h3*1-3H3;1H2,2H3;3*1H3;;;;;;;/q7*-1;;;;;;;. The third-order valence-electron chi connectivity index (χ3n) is 0. The molecule has 0 N–H and O–H groups in total. The Morgan fingerprint density at radius 1 is 0.458 bits per heavy atom. The van der Waals surface area contributed by atoms with Crippen LogP contribution in [0.5, 0.6) is 0 Å². The van der Waals surface area contributed by atoms with Crippen LogP contribution in [0, 0.1) is 78.1 Å². The average molecular weight is 1130 g/mol. The first kappa shape index (κ1) is 99.0. The first-order chi connectivity index (χ1) is 6.20. The monoisotopic (exact) mass is 1130 g/mol. The second kappa shape index (κ2) is 102. The average Bonchev–Trinajstić information content (AvgIpc) is 1.86. The molecule has 0 amide bonds. The van der Waals surface area contributed by atoms with Crippen LogP contribution in [-0.4, -0.2) is 0 Å². The van der Waals surface area contributed by atoms with Gasteiger partial charge in [0.2, 0.25) is 0 Å². The van der Waals surface area contributed by atoms with Crippen LogP contribution in [0.1, 0.15) is 69.2 Å². The van der Waals surface area contributed by atoms with E-state index in [2.05, 4.69) is 69.2 Å². The molecule has 0 heterocycles. The molecule has 0 rings (SSSR count). The molecule has 0 spiro atoms. The topological polar surface area (TPSA) is 0 Å². The van der Waals surface area contributed by atoms with Crippen molar-refractivity contribution in [1.82, 2.24) is 0 Å². The van der Waals surface area contributed by atoms with Gasteiger partial charge in [0.25, 0.3) is 0 Å².